The molecule has 0 aliphatic carbocycles. The summed E-state index contributed by atoms with van der Waals surface area (Å²) in [5, 5.41) is 5.88. The van der Waals surface area contributed by atoms with Gasteiger partial charge in [-0.05, 0) is 43.0 Å². The van der Waals surface area contributed by atoms with Crippen LogP contribution in [0, 0.1) is 6.92 Å². The van der Waals surface area contributed by atoms with E-state index >= 15 is 0 Å². The Morgan fingerprint density at radius 1 is 1.21 bits per heavy atom. The molecular weight excluding hydrogens is 300 g/mol. The Bertz CT molecular complexity index is 666. The molecule has 0 unspecified atom stereocenters. The normalized spacial score (nSPS) is 15.9. The molecule has 1 aromatic heterocycles. The lowest BCUT2D eigenvalue weighted by molar-refractivity contribution is 0.189. The number of carbonyl (C=O) groups excluding carboxylic acids is 1. The number of pyridine rings is 1. The number of likely N-dealkylation sites (tertiary alicyclic amines) is 1. The van der Waals surface area contributed by atoms with E-state index in [1.807, 2.05) is 6.07 Å². The summed E-state index contributed by atoms with van der Waals surface area (Å²) in [4.78, 5) is 18.5. The van der Waals surface area contributed by atoms with Crippen molar-refractivity contribution in [3.63, 3.8) is 0 Å². The fraction of sp³-hybridized carbons (Fsp3) is 0.368. The number of benzene rings is 1. The minimum absolute atomic E-state index is 0.152. The van der Waals surface area contributed by atoms with E-state index in [1.165, 1.54) is 11.1 Å². The van der Waals surface area contributed by atoms with Gasteiger partial charge in [0.05, 0.1) is 11.9 Å². The Kier molecular flexibility index (Phi) is 5.43. The number of carbonyl (C=O) groups is 1. The maximum atomic E-state index is 12.0. The smallest absolute Gasteiger partial charge is 0.319 e. The molecule has 2 aromatic rings. The van der Waals surface area contributed by atoms with E-state index in [0.717, 1.165) is 32.5 Å². The van der Waals surface area contributed by atoms with Gasteiger partial charge in [-0.3, -0.25) is 9.88 Å². The number of anilines is 1. The molecule has 1 fully saturated rings. The molecule has 0 radical (unpaired) electrons. The highest BCUT2D eigenvalue weighted by Gasteiger charge is 2.21. The maximum absolute atomic E-state index is 12.0. The van der Waals surface area contributed by atoms with Gasteiger partial charge in [0, 0.05) is 31.9 Å². The molecule has 1 aliphatic rings. The largest absolute Gasteiger partial charge is 0.335 e. The fourth-order valence-electron chi connectivity index (χ4n) is 3.05. The van der Waals surface area contributed by atoms with Gasteiger partial charge in [-0.2, -0.15) is 0 Å². The van der Waals surface area contributed by atoms with Crippen molar-refractivity contribution >= 4 is 11.7 Å². The fourth-order valence-corrected chi connectivity index (χ4v) is 3.05. The summed E-state index contributed by atoms with van der Waals surface area (Å²) < 4.78 is 0. The quantitative estimate of drug-likeness (QED) is 0.908. The lowest BCUT2D eigenvalue weighted by Crippen LogP contribution is -2.45. The standard InChI is InChI=1S/C19H24N4O/c1-15-5-2-3-6-16(15)14-23-11-8-17(9-12-23)21-19(24)22-18-7-4-10-20-13-18/h2-7,10,13,17H,8-9,11-12,14H2,1H3,(H2,21,22,24). The highest BCUT2D eigenvalue weighted by Crippen LogP contribution is 2.16. The van der Waals surface area contributed by atoms with Crippen molar-refractivity contribution < 1.29 is 4.79 Å². The van der Waals surface area contributed by atoms with Crippen LogP contribution in [0.5, 0.6) is 0 Å². The third kappa shape index (κ3) is 4.55. The second kappa shape index (κ2) is 7.93. The van der Waals surface area contributed by atoms with Gasteiger partial charge in [0.15, 0.2) is 0 Å². The van der Waals surface area contributed by atoms with E-state index in [2.05, 4.69) is 51.7 Å². The first-order valence-electron chi connectivity index (χ1n) is 8.45. The molecular formula is C19H24N4O. The second-order valence-electron chi connectivity index (χ2n) is 6.32. The molecule has 1 saturated heterocycles. The lowest BCUT2D eigenvalue weighted by Gasteiger charge is -2.32. The van der Waals surface area contributed by atoms with Crippen molar-refractivity contribution in [1.29, 1.82) is 0 Å². The van der Waals surface area contributed by atoms with Gasteiger partial charge < -0.3 is 10.6 Å². The van der Waals surface area contributed by atoms with Gasteiger partial charge >= 0.3 is 6.03 Å². The van der Waals surface area contributed by atoms with Crippen LogP contribution < -0.4 is 10.6 Å². The number of piperidine rings is 1. The number of aryl methyl sites for hydroxylation is 1. The third-order valence-corrected chi connectivity index (χ3v) is 4.50. The monoisotopic (exact) mass is 324 g/mol. The Balaban J connectivity index is 1.43. The number of urea groups is 1. The van der Waals surface area contributed by atoms with E-state index in [0.29, 0.717) is 5.69 Å². The number of hydrogen-bond donors (Lipinski definition) is 2. The third-order valence-electron chi connectivity index (χ3n) is 4.50. The van der Waals surface area contributed by atoms with Gasteiger partial charge in [0.1, 0.15) is 0 Å². The number of nitrogens with one attached hydrogen (secondary N) is 2. The summed E-state index contributed by atoms with van der Waals surface area (Å²) in [5.41, 5.74) is 3.44. The molecule has 2 heterocycles. The van der Waals surface area contributed by atoms with E-state index in [-0.39, 0.29) is 12.1 Å². The molecule has 126 valence electrons. The van der Waals surface area contributed by atoms with E-state index in [1.54, 1.807) is 18.5 Å². The Labute approximate surface area is 143 Å². The molecule has 5 heteroatoms. The van der Waals surface area contributed by atoms with Crippen LogP contribution in [0.3, 0.4) is 0 Å². The Morgan fingerprint density at radius 3 is 2.71 bits per heavy atom. The summed E-state index contributed by atoms with van der Waals surface area (Å²) in [7, 11) is 0. The zero-order chi connectivity index (χ0) is 16.8. The maximum Gasteiger partial charge on any atom is 0.319 e. The van der Waals surface area contributed by atoms with Crippen LogP contribution in [0.4, 0.5) is 10.5 Å². The molecule has 5 nitrogen and oxygen atoms in total. The molecule has 1 aromatic carbocycles. The SMILES string of the molecule is Cc1ccccc1CN1CCC(NC(=O)Nc2cccnc2)CC1. The molecule has 0 spiro atoms. The van der Waals surface area contributed by atoms with E-state index in [4.69, 9.17) is 0 Å². The predicted octanol–water partition coefficient (Wildman–Crippen LogP) is 3.18. The zero-order valence-electron chi connectivity index (χ0n) is 14.0. The summed E-state index contributed by atoms with van der Waals surface area (Å²) in [6.07, 6.45) is 5.29. The topological polar surface area (TPSA) is 57.3 Å². The molecule has 0 saturated carbocycles. The minimum Gasteiger partial charge on any atom is -0.335 e. The molecule has 2 N–H and O–H groups in total. The van der Waals surface area contributed by atoms with Crippen LogP contribution in [0.1, 0.15) is 24.0 Å². The lowest BCUT2D eigenvalue weighted by atomic mass is 10.0. The second-order valence-corrected chi connectivity index (χ2v) is 6.32. The van der Waals surface area contributed by atoms with Crippen LogP contribution in [0.2, 0.25) is 0 Å². The molecule has 3 rings (SSSR count). The summed E-state index contributed by atoms with van der Waals surface area (Å²) in [5.74, 6) is 0. The highest BCUT2D eigenvalue weighted by molar-refractivity contribution is 5.89. The summed E-state index contributed by atoms with van der Waals surface area (Å²) in [6, 6.07) is 12.2. The Morgan fingerprint density at radius 2 is 2.00 bits per heavy atom. The number of hydrogen-bond acceptors (Lipinski definition) is 3. The van der Waals surface area contributed by atoms with Gasteiger partial charge in [-0.25, -0.2) is 4.79 Å². The first kappa shape index (κ1) is 16.5. The Hall–Kier alpha value is -2.40. The number of nitrogens with zero attached hydrogens (tertiary/aromatic N) is 2. The molecule has 2 amide bonds. The summed E-state index contributed by atoms with van der Waals surface area (Å²) in [6.45, 7) is 5.16. The van der Waals surface area contributed by atoms with Crippen LogP contribution in [-0.4, -0.2) is 35.0 Å². The van der Waals surface area contributed by atoms with Crippen molar-refractivity contribution in [2.75, 3.05) is 18.4 Å². The van der Waals surface area contributed by atoms with Gasteiger partial charge in [0.25, 0.3) is 0 Å². The van der Waals surface area contributed by atoms with E-state index in [9.17, 15) is 4.79 Å². The number of aromatic nitrogens is 1. The van der Waals surface area contributed by atoms with Crippen molar-refractivity contribution in [3.05, 3.63) is 59.9 Å². The summed E-state index contributed by atoms with van der Waals surface area (Å²) >= 11 is 0. The molecule has 0 bridgehead atoms. The zero-order valence-corrected chi connectivity index (χ0v) is 14.0. The van der Waals surface area contributed by atoms with Crippen LogP contribution in [0.25, 0.3) is 0 Å². The van der Waals surface area contributed by atoms with E-state index < -0.39 is 0 Å². The minimum atomic E-state index is -0.152. The van der Waals surface area contributed by atoms with Crippen LogP contribution >= 0.6 is 0 Å². The van der Waals surface area contributed by atoms with Crippen LogP contribution in [-0.2, 0) is 6.54 Å². The average Bonchev–Trinajstić information content (AvgIpc) is 2.59. The van der Waals surface area contributed by atoms with Gasteiger partial charge in [-0.15, -0.1) is 0 Å². The molecule has 0 atom stereocenters. The van der Waals surface area contributed by atoms with Crippen molar-refractivity contribution in [2.45, 2.75) is 32.4 Å². The molecule has 24 heavy (non-hydrogen) atoms. The highest BCUT2D eigenvalue weighted by atomic mass is 16.2. The van der Waals surface area contributed by atoms with Gasteiger partial charge in [0.2, 0.25) is 0 Å². The van der Waals surface area contributed by atoms with Crippen molar-refractivity contribution in [2.24, 2.45) is 0 Å². The average molecular weight is 324 g/mol. The first-order valence-corrected chi connectivity index (χ1v) is 8.45. The van der Waals surface area contributed by atoms with Crippen molar-refractivity contribution in [1.82, 2.24) is 15.2 Å². The number of amides is 2. The number of rotatable bonds is 4. The van der Waals surface area contributed by atoms with Crippen molar-refractivity contribution in [3.8, 4) is 0 Å². The molecule has 1 aliphatic heterocycles. The first-order chi connectivity index (χ1) is 11.7. The predicted molar refractivity (Wildman–Crippen MR) is 95.9 cm³/mol. The van der Waals surface area contributed by atoms with Crippen LogP contribution in [0.15, 0.2) is 48.8 Å². The van der Waals surface area contributed by atoms with Gasteiger partial charge in [-0.1, -0.05) is 24.3 Å².